The number of esters is 1. The summed E-state index contributed by atoms with van der Waals surface area (Å²) in [6, 6.07) is 0. The fourth-order valence-corrected chi connectivity index (χ4v) is 1.35. The Balaban J connectivity index is 2.72. The van der Waals surface area contributed by atoms with E-state index >= 15 is 0 Å². The Morgan fingerprint density at radius 1 is 1.38 bits per heavy atom. The zero-order valence-corrected chi connectivity index (χ0v) is 9.10. The smallest absolute Gasteiger partial charge is 0.320 e. The molecule has 0 fully saturated rings. The van der Waals surface area contributed by atoms with E-state index in [-0.39, 0.29) is 11.4 Å². The molecule has 0 N–H and O–H groups in total. The van der Waals surface area contributed by atoms with Gasteiger partial charge in [-0.25, -0.2) is 0 Å². The fraction of sp³-hybridized carbons (Fsp3) is 0.727. The van der Waals surface area contributed by atoms with E-state index in [0.717, 1.165) is 12.2 Å². The van der Waals surface area contributed by atoms with E-state index in [9.17, 15) is 4.79 Å². The third-order valence-corrected chi connectivity index (χ3v) is 1.98. The minimum absolute atomic E-state index is 0.133. The van der Waals surface area contributed by atoms with Gasteiger partial charge in [-0.2, -0.15) is 0 Å². The highest BCUT2D eigenvalue weighted by Gasteiger charge is 2.35. The summed E-state index contributed by atoms with van der Waals surface area (Å²) in [5, 5.41) is 0. The first-order chi connectivity index (χ1) is 5.71. The Morgan fingerprint density at radius 3 is 2.23 bits per heavy atom. The van der Waals surface area contributed by atoms with Gasteiger partial charge >= 0.3 is 5.97 Å². The van der Waals surface area contributed by atoms with E-state index in [4.69, 9.17) is 4.74 Å². The monoisotopic (exact) mass is 182 g/mol. The molecule has 0 atom stereocenters. The molecule has 0 aromatic carbocycles. The van der Waals surface area contributed by atoms with Crippen molar-refractivity contribution in [1.82, 2.24) is 0 Å². The van der Waals surface area contributed by atoms with Crippen molar-refractivity contribution < 1.29 is 9.53 Å². The second kappa shape index (κ2) is 2.86. The first-order valence-electron chi connectivity index (χ1n) is 4.65. The molecule has 0 unspecified atom stereocenters. The van der Waals surface area contributed by atoms with Crippen LogP contribution in [0.1, 0.15) is 41.0 Å². The van der Waals surface area contributed by atoms with Crippen LogP contribution in [0, 0.1) is 10.8 Å². The number of carbonyl (C=O) groups is 1. The van der Waals surface area contributed by atoms with Gasteiger partial charge in [-0.1, -0.05) is 20.8 Å². The molecule has 2 heteroatoms. The predicted octanol–water partition coefficient (Wildman–Crippen LogP) is 2.89. The van der Waals surface area contributed by atoms with Crippen LogP contribution >= 0.6 is 0 Å². The highest BCUT2D eigenvalue weighted by molar-refractivity contribution is 5.81. The molecule has 74 valence electrons. The molecule has 0 aromatic heterocycles. The number of hydrogen-bond donors (Lipinski definition) is 0. The van der Waals surface area contributed by atoms with E-state index in [1.807, 2.05) is 19.9 Å². The lowest BCUT2D eigenvalue weighted by Gasteiger charge is -2.17. The summed E-state index contributed by atoms with van der Waals surface area (Å²) in [4.78, 5) is 11.3. The normalized spacial score (nSPS) is 21.3. The van der Waals surface area contributed by atoms with Crippen LogP contribution in [0.2, 0.25) is 0 Å². The average Bonchev–Trinajstić information content (AvgIpc) is 2.01. The van der Waals surface area contributed by atoms with Gasteiger partial charge in [0.25, 0.3) is 0 Å². The molecule has 1 aliphatic heterocycles. The van der Waals surface area contributed by atoms with Gasteiger partial charge in [-0.15, -0.1) is 0 Å². The van der Waals surface area contributed by atoms with E-state index in [1.54, 1.807) is 0 Å². The number of rotatable bonds is 1. The molecule has 0 saturated heterocycles. The number of hydrogen-bond acceptors (Lipinski definition) is 2. The van der Waals surface area contributed by atoms with Crippen molar-refractivity contribution in [3.63, 3.8) is 0 Å². The van der Waals surface area contributed by atoms with E-state index in [2.05, 4.69) is 20.8 Å². The minimum Gasteiger partial charge on any atom is -0.431 e. The Morgan fingerprint density at radius 2 is 1.92 bits per heavy atom. The van der Waals surface area contributed by atoms with Gasteiger partial charge in [0.1, 0.15) is 5.76 Å². The molecule has 0 bridgehead atoms. The maximum Gasteiger partial charge on any atom is 0.320 e. The fourth-order valence-electron chi connectivity index (χ4n) is 1.35. The van der Waals surface area contributed by atoms with Crippen molar-refractivity contribution in [2.45, 2.75) is 41.0 Å². The first-order valence-corrected chi connectivity index (χ1v) is 4.65. The summed E-state index contributed by atoms with van der Waals surface area (Å²) in [6.45, 7) is 10.2. The van der Waals surface area contributed by atoms with Crippen LogP contribution in [0.15, 0.2) is 11.8 Å². The van der Waals surface area contributed by atoms with Gasteiger partial charge in [0.2, 0.25) is 0 Å². The summed E-state index contributed by atoms with van der Waals surface area (Å²) >= 11 is 0. The molecule has 1 heterocycles. The molecule has 0 aromatic rings. The van der Waals surface area contributed by atoms with Gasteiger partial charge in [0.15, 0.2) is 0 Å². The molecule has 13 heavy (non-hydrogen) atoms. The molecular weight excluding hydrogens is 164 g/mol. The highest BCUT2D eigenvalue weighted by atomic mass is 16.5. The molecule has 0 amide bonds. The first kappa shape index (κ1) is 10.3. The van der Waals surface area contributed by atoms with Gasteiger partial charge in [-0.05, 0) is 25.3 Å². The Hall–Kier alpha value is -0.790. The number of carbonyl (C=O) groups excluding carboxylic acids is 1. The lowest BCUT2D eigenvalue weighted by molar-refractivity contribution is -0.144. The molecular formula is C11H18O2. The molecule has 0 saturated carbocycles. The van der Waals surface area contributed by atoms with Crippen LogP contribution in [-0.4, -0.2) is 5.97 Å². The Kier molecular flexibility index (Phi) is 2.27. The van der Waals surface area contributed by atoms with Crippen molar-refractivity contribution in [3.05, 3.63) is 11.8 Å². The summed E-state index contributed by atoms with van der Waals surface area (Å²) in [7, 11) is 0. The van der Waals surface area contributed by atoms with Crippen LogP contribution < -0.4 is 0 Å². The maximum atomic E-state index is 11.3. The minimum atomic E-state index is -0.430. The Labute approximate surface area is 80.0 Å². The van der Waals surface area contributed by atoms with Crippen molar-refractivity contribution in [2.24, 2.45) is 10.8 Å². The van der Waals surface area contributed by atoms with Crippen LogP contribution in [0.3, 0.4) is 0 Å². The van der Waals surface area contributed by atoms with Crippen LogP contribution in [0.5, 0.6) is 0 Å². The van der Waals surface area contributed by atoms with Crippen molar-refractivity contribution in [2.75, 3.05) is 0 Å². The quantitative estimate of drug-likeness (QED) is 0.583. The second-order valence-electron chi connectivity index (χ2n) is 5.46. The molecule has 1 rings (SSSR count). The zero-order valence-electron chi connectivity index (χ0n) is 9.10. The van der Waals surface area contributed by atoms with E-state index in [1.165, 1.54) is 0 Å². The summed E-state index contributed by atoms with van der Waals surface area (Å²) in [5.41, 5.74) is -0.257. The predicted molar refractivity (Wildman–Crippen MR) is 52.0 cm³/mol. The van der Waals surface area contributed by atoms with Crippen molar-refractivity contribution >= 4 is 5.97 Å². The summed E-state index contributed by atoms with van der Waals surface area (Å²) < 4.78 is 5.17. The van der Waals surface area contributed by atoms with E-state index < -0.39 is 5.41 Å². The number of cyclic esters (lactones) is 1. The topological polar surface area (TPSA) is 26.3 Å². The maximum absolute atomic E-state index is 11.3. The SMILES string of the molecule is CC(C)(C)CC1=CC(C)(C)C(=O)O1. The molecule has 2 nitrogen and oxygen atoms in total. The highest BCUT2D eigenvalue weighted by Crippen LogP contribution is 2.35. The van der Waals surface area contributed by atoms with Gasteiger partial charge in [0, 0.05) is 6.42 Å². The zero-order chi connectivity index (χ0) is 10.3. The average molecular weight is 182 g/mol. The molecule has 0 spiro atoms. The van der Waals surface area contributed by atoms with Crippen LogP contribution in [-0.2, 0) is 9.53 Å². The third kappa shape index (κ3) is 2.58. The largest absolute Gasteiger partial charge is 0.431 e. The number of ether oxygens (including phenoxy) is 1. The van der Waals surface area contributed by atoms with Crippen LogP contribution in [0.4, 0.5) is 0 Å². The third-order valence-electron chi connectivity index (χ3n) is 1.98. The Bertz CT molecular complexity index is 254. The van der Waals surface area contributed by atoms with Crippen LogP contribution in [0.25, 0.3) is 0 Å². The standard InChI is InChI=1S/C11H18O2/c1-10(2,3)6-8-7-11(4,5)9(12)13-8/h7H,6H2,1-5H3. The van der Waals surface area contributed by atoms with Gasteiger partial charge < -0.3 is 4.74 Å². The lowest BCUT2D eigenvalue weighted by Crippen LogP contribution is -2.17. The van der Waals surface area contributed by atoms with E-state index in [0.29, 0.717) is 0 Å². The molecule has 0 radical (unpaired) electrons. The van der Waals surface area contributed by atoms with Crippen molar-refractivity contribution in [1.29, 1.82) is 0 Å². The summed E-state index contributed by atoms with van der Waals surface area (Å²) in [5.74, 6) is 0.689. The van der Waals surface area contributed by atoms with Gasteiger partial charge in [-0.3, -0.25) is 4.79 Å². The molecule has 1 aliphatic rings. The second-order valence-corrected chi connectivity index (χ2v) is 5.46. The summed E-state index contributed by atoms with van der Waals surface area (Å²) in [6.07, 6.45) is 2.75. The lowest BCUT2D eigenvalue weighted by atomic mass is 9.89. The van der Waals surface area contributed by atoms with Crippen molar-refractivity contribution in [3.8, 4) is 0 Å². The van der Waals surface area contributed by atoms with Gasteiger partial charge in [0.05, 0.1) is 5.41 Å². The molecule has 0 aliphatic carbocycles. The number of allylic oxidation sites excluding steroid dienone is 1.